The third kappa shape index (κ3) is 7.02. The number of benzene rings is 1. The van der Waals surface area contributed by atoms with E-state index >= 15 is 0 Å². The van der Waals surface area contributed by atoms with Crippen LogP contribution < -0.4 is 19.1 Å². The Bertz CT molecular complexity index is 1230. The standard InChI is InChI=1S/C24H31N4O10P/c1-14(2)36-22(31)15(3)28-39(32,38-16-9-7-6-8-10-16)35-13-24(12-25)20(30)18(29)19(37-24)17-11-26-23(34-5)27-21(17)33-4/h6-11,14-15,18-20,29-30H,13H2,1-5H3,(H,28,32)/t15-,18-,19?,20-,24?,39?/m0/s1. The van der Waals surface area contributed by atoms with E-state index in [1.165, 1.54) is 39.5 Å². The Morgan fingerprint density at radius 3 is 2.51 bits per heavy atom. The molecule has 212 valence electrons. The molecule has 0 amide bonds. The number of para-hydroxylation sites is 1. The van der Waals surface area contributed by atoms with Crippen LogP contribution in [0.15, 0.2) is 36.5 Å². The minimum Gasteiger partial charge on any atom is -0.481 e. The molecule has 14 nitrogen and oxygen atoms in total. The zero-order valence-corrected chi connectivity index (χ0v) is 22.9. The number of nitrogens with one attached hydrogen (secondary N) is 1. The fourth-order valence-corrected chi connectivity index (χ4v) is 5.15. The van der Waals surface area contributed by atoms with Crippen LogP contribution in [0.1, 0.15) is 32.4 Å². The summed E-state index contributed by atoms with van der Waals surface area (Å²) in [5.74, 6) is -0.612. The highest BCUT2D eigenvalue weighted by atomic mass is 31.2. The van der Waals surface area contributed by atoms with Crippen LogP contribution in [0.25, 0.3) is 0 Å². The Morgan fingerprint density at radius 2 is 1.92 bits per heavy atom. The fourth-order valence-electron chi connectivity index (χ4n) is 3.63. The van der Waals surface area contributed by atoms with E-state index in [1.807, 2.05) is 0 Å². The Kier molecular flexibility index (Phi) is 9.84. The number of carbonyl (C=O) groups is 1. The molecular weight excluding hydrogens is 535 g/mol. The third-order valence-corrected chi connectivity index (χ3v) is 7.18. The van der Waals surface area contributed by atoms with Gasteiger partial charge in [-0.15, -0.1) is 0 Å². The van der Waals surface area contributed by atoms with Crippen LogP contribution in [0.3, 0.4) is 0 Å². The van der Waals surface area contributed by atoms with Crippen LogP contribution in [0.4, 0.5) is 0 Å². The number of nitriles is 1. The first-order valence-electron chi connectivity index (χ1n) is 11.8. The van der Waals surface area contributed by atoms with Crippen LogP contribution in [-0.4, -0.2) is 76.9 Å². The maximum absolute atomic E-state index is 13.8. The number of aromatic nitrogens is 2. The molecule has 3 rings (SSSR count). The average Bonchev–Trinajstić information content (AvgIpc) is 3.17. The Balaban J connectivity index is 1.87. The molecule has 0 bridgehead atoms. The summed E-state index contributed by atoms with van der Waals surface area (Å²) in [5.41, 5.74) is -2.09. The molecule has 1 aliphatic rings. The number of hydrogen-bond donors (Lipinski definition) is 3. The van der Waals surface area contributed by atoms with Crippen molar-refractivity contribution in [2.75, 3.05) is 20.8 Å². The zero-order chi connectivity index (χ0) is 28.8. The number of methoxy groups -OCH3 is 2. The van der Waals surface area contributed by atoms with Gasteiger partial charge in [0, 0.05) is 6.20 Å². The quantitative estimate of drug-likeness (QED) is 0.248. The van der Waals surface area contributed by atoms with Gasteiger partial charge in [-0.2, -0.15) is 15.3 Å². The molecule has 6 atom stereocenters. The lowest BCUT2D eigenvalue weighted by atomic mass is 9.95. The summed E-state index contributed by atoms with van der Waals surface area (Å²) in [4.78, 5) is 20.4. The summed E-state index contributed by atoms with van der Waals surface area (Å²) < 4.78 is 46.0. The van der Waals surface area contributed by atoms with Crippen molar-refractivity contribution in [1.82, 2.24) is 15.1 Å². The van der Waals surface area contributed by atoms with Gasteiger partial charge in [-0.3, -0.25) is 9.32 Å². The first-order valence-corrected chi connectivity index (χ1v) is 13.4. The van der Waals surface area contributed by atoms with Crippen LogP contribution in [0, 0.1) is 11.3 Å². The van der Waals surface area contributed by atoms with Gasteiger partial charge >= 0.3 is 19.7 Å². The van der Waals surface area contributed by atoms with Gasteiger partial charge in [-0.1, -0.05) is 18.2 Å². The lowest BCUT2D eigenvalue weighted by Gasteiger charge is -2.28. The molecule has 1 aromatic heterocycles. The molecule has 1 saturated heterocycles. The second kappa shape index (κ2) is 12.7. The zero-order valence-electron chi connectivity index (χ0n) is 22.0. The fraction of sp³-hybridized carbons (Fsp3) is 0.500. The molecule has 1 aromatic carbocycles. The lowest BCUT2D eigenvalue weighted by molar-refractivity contribution is -0.149. The van der Waals surface area contributed by atoms with E-state index in [1.54, 1.807) is 38.1 Å². The summed E-state index contributed by atoms with van der Waals surface area (Å²) in [6.45, 7) is 3.87. The van der Waals surface area contributed by atoms with Crippen molar-refractivity contribution in [3.8, 4) is 23.7 Å². The number of nitrogens with zero attached hydrogens (tertiary/aromatic N) is 3. The lowest BCUT2D eigenvalue weighted by Crippen LogP contribution is -2.46. The summed E-state index contributed by atoms with van der Waals surface area (Å²) in [6.07, 6.45) is -3.98. The largest absolute Gasteiger partial charge is 0.481 e. The molecule has 39 heavy (non-hydrogen) atoms. The number of ether oxygens (including phenoxy) is 4. The van der Waals surface area contributed by atoms with Crippen LogP contribution in [0.5, 0.6) is 17.6 Å². The van der Waals surface area contributed by atoms with Gasteiger partial charge in [0.1, 0.15) is 42.8 Å². The van der Waals surface area contributed by atoms with Crippen molar-refractivity contribution in [3.05, 3.63) is 42.1 Å². The van der Waals surface area contributed by atoms with Gasteiger partial charge in [-0.05, 0) is 32.9 Å². The van der Waals surface area contributed by atoms with E-state index in [9.17, 15) is 24.8 Å². The topological polar surface area (TPSA) is 192 Å². The molecule has 1 aliphatic heterocycles. The van der Waals surface area contributed by atoms with Crippen molar-refractivity contribution in [3.63, 3.8) is 0 Å². The molecule has 15 heteroatoms. The minimum atomic E-state index is -4.41. The third-order valence-electron chi connectivity index (χ3n) is 5.55. The SMILES string of the molecule is COc1ncc(C2OC(C#N)(COP(=O)(N[C@@H](C)C(=O)OC(C)C)Oc3ccccc3)[C@@H](O)[C@H]2O)c(OC)n1. The van der Waals surface area contributed by atoms with E-state index in [2.05, 4.69) is 15.1 Å². The first kappa shape index (κ1) is 30.2. The van der Waals surface area contributed by atoms with Gasteiger partial charge in [-0.25, -0.2) is 9.55 Å². The smallest absolute Gasteiger partial charge is 0.459 e. The van der Waals surface area contributed by atoms with E-state index in [-0.39, 0.29) is 23.2 Å². The summed E-state index contributed by atoms with van der Waals surface area (Å²) in [7, 11) is -1.74. The molecule has 0 radical (unpaired) electrons. The van der Waals surface area contributed by atoms with E-state index in [0.29, 0.717) is 0 Å². The second-order valence-electron chi connectivity index (χ2n) is 8.81. The van der Waals surface area contributed by atoms with E-state index in [4.69, 9.17) is 28.0 Å². The number of aliphatic hydroxyl groups excluding tert-OH is 2. The average molecular weight is 567 g/mol. The number of rotatable bonds is 12. The summed E-state index contributed by atoms with van der Waals surface area (Å²) >= 11 is 0. The highest BCUT2D eigenvalue weighted by Gasteiger charge is 2.57. The predicted octanol–water partition coefficient (Wildman–Crippen LogP) is 1.68. The van der Waals surface area contributed by atoms with Crippen molar-refractivity contribution in [2.24, 2.45) is 0 Å². The van der Waals surface area contributed by atoms with Gasteiger partial charge < -0.3 is 33.7 Å². The summed E-state index contributed by atoms with van der Waals surface area (Å²) in [5, 5.41) is 34.1. The molecule has 3 unspecified atom stereocenters. The normalized spacial score (nSPS) is 24.8. The minimum absolute atomic E-state index is 0.0197. The Morgan fingerprint density at radius 1 is 1.23 bits per heavy atom. The highest BCUT2D eigenvalue weighted by molar-refractivity contribution is 7.52. The first-order chi connectivity index (χ1) is 18.5. The van der Waals surface area contributed by atoms with Crippen molar-refractivity contribution in [1.29, 1.82) is 5.26 Å². The van der Waals surface area contributed by atoms with Crippen molar-refractivity contribution >= 4 is 13.7 Å². The van der Waals surface area contributed by atoms with E-state index < -0.39 is 56.4 Å². The molecular formula is C24H31N4O10P. The Labute approximate surface area is 225 Å². The number of esters is 1. The molecule has 0 aliphatic carbocycles. The molecule has 0 spiro atoms. The maximum Gasteiger partial charge on any atom is 0.459 e. The van der Waals surface area contributed by atoms with Gasteiger partial charge in [0.2, 0.25) is 11.5 Å². The maximum atomic E-state index is 13.8. The van der Waals surface area contributed by atoms with Crippen molar-refractivity contribution < 1.29 is 47.6 Å². The van der Waals surface area contributed by atoms with Gasteiger partial charge in [0.05, 0.1) is 25.9 Å². The van der Waals surface area contributed by atoms with Crippen LogP contribution >= 0.6 is 7.75 Å². The molecule has 2 aromatic rings. The predicted molar refractivity (Wildman–Crippen MR) is 134 cm³/mol. The molecule has 2 heterocycles. The number of aliphatic hydroxyl groups is 2. The van der Waals surface area contributed by atoms with Crippen molar-refractivity contribution in [2.45, 2.75) is 56.8 Å². The molecule has 1 fully saturated rings. The van der Waals surface area contributed by atoms with Crippen LogP contribution in [-0.2, 0) is 23.4 Å². The van der Waals surface area contributed by atoms with Gasteiger partial charge in [0.15, 0.2) is 0 Å². The van der Waals surface area contributed by atoms with Crippen LogP contribution in [0.2, 0.25) is 0 Å². The molecule has 0 saturated carbocycles. The van der Waals surface area contributed by atoms with Gasteiger partial charge in [0.25, 0.3) is 0 Å². The molecule has 3 N–H and O–H groups in total. The Hall–Kier alpha value is -3.31. The number of carbonyl (C=O) groups excluding carboxylic acids is 1. The number of hydrogen-bond acceptors (Lipinski definition) is 13. The summed E-state index contributed by atoms with van der Waals surface area (Å²) in [6, 6.07) is 8.61. The van der Waals surface area contributed by atoms with E-state index in [0.717, 1.165) is 0 Å². The second-order valence-corrected chi connectivity index (χ2v) is 10.5. The highest BCUT2D eigenvalue weighted by Crippen LogP contribution is 2.49. The monoisotopic (exact) mass is 566 g/mol.